The number of benzene rings is 2. The van der Waals surface area contributed by atoms with Gasteiger partial charge in [-0.25, -0.2) is 4.79 Å². The van der Waals surface area contributed by atoms with Crippen molar-refractivity contribution in [3.05, 3.63) is 65.7 Å². The lowest BCUT2D eigenvalue weighted by Crippen LogP contribution is -2.61. The van der Waals surface area contributed by atoms with Gasteiger partial charge in [0.15, 0.2) is 6.10 Å². The van der Waals surface area contributed by atoms with Gasteiger partial charge in [-0.3, -0.25) is 0 Å². The van der Waals surface area contributed by atoms with Crippen LogP contribution in [0.1, 0.15) is 35.8 Å². The molecule has 0 amide bonds. The molecule has 2 fully saturated rings. The highest BCUT2D eigenvalue weighted by Crippen LogP contribution is 2.49. The average Bonchev–Trinajstić information content (AvgIpc) is 2.68. The fraction of sp³-hybridized carbons (Fsp3) is 0.409. The van der Waals surface area contributed by atoms with E-state index < -0.39 is 36.7 Å². The second kappa shape index (κ2) is 8.12. The van der Waals surface area contributed by atoms with Gasteiger partial charge >= 0.3 is 5.97 Å². The van der Waals surface area contributed by atoms with E-state index in [1.807, 2.05) is 36.4 Å². The molecule has 1 saturated carbocycles. The van der Waals surface area contributed by atoms with E-state index in [0.29, 0.717) is 17.6 Å². The second-order valence-corrected chi connectivity index (χ2v) is 7.63. The summed E-state index contributed by atoms with van der Waals surface area (Å²) in [7, 11) is 0. The predicted molar refractivity (Wildman–Crippen MR) is 103 cm³/mol. The van der Waals surface area contributed by atoms with Crippen LogP contribution >= 0.6 is 0 Å². The number of hydrogen-bond acceptors (Lipinski definition) is 6. The van der Waals surface area contributed by atoms with Crippen molar-refractivity contribution in [3.63, 3.8) is 0 Å². The molecular formula is C22H24O7. The van der Waals surface area contributed by atoms with Crippen molar-refractivity contribution in [2.75, 3.05) is 0 Å². The van der Waals surface area contributed by atoms with Crippen molar-refractivity contribution in [1.82, 2.24) is 0 Å². The minimum atomic E-state index is -1.74. The molecule has 2 aromatic rings. The lowest BCUT2D eigenvalue weighted by molar-refractivity contribution is -0.271. The molecule has 0 bridgehead atoms. The van der Waals surface area contributed by atoms with Crippen LogP contribution in [-0.2, 0) is 9.53 Å². The van der Waals surface area contributed by atoms with Gasteiger partial charge in [0.1, 0.15) is 24.1 Å². The summed E-state index contributed by atoms with van der Waals surface area (Å²) in [4.78, 5) is 11.2. The zero-order valence-electron chi connectivity index (χ0n) is 15.7. The van der Waals surface area contributed by atoms with E-state index in [1.165, 1.54) is 5.56 Å². The van der Waals surface area contributed by atoms with Gasteiger partial charge in [0.25, 0.3) is 0 Å². The Morgan fingerprint density at radius 2 is 1.52 bits per heavy atom. The fourth-order valence-electron chi connectivity index (χ4n) is 4.10. The molecular weight excluding hydrogens is 376 g/mol. The van der Waals surface area contributed by atoms with E-state index in [1.54, 1.807) is 6.07 Å². The molecule has 1 aliphatic carbocycles. The van der Waals surface area contributed by atoms with E-state index in [2.05, 4.69) is 12.1 Å². The zero-order valence-corrected chi connectivity index (χ0v) is 15.7. The molecule has 7 unspecified atom stereocenters. The molecule has 4 N–H and O–H groups in total. The molecule has 1 aliphatic heterocycles. The molecule has 7 atom stereocenters. The maximum absolute atomic E-state index is 11.2. The van der Waals surface area contributed by atoms with Crippen molar-refractivity contribution in [2.45, 2.75) is 55.4 Å². The average molecular weight is 400 g/mol. The summed E-state index contributed by atoms with van der Waals surface area (Å²) in [6, 6.07) is 17.7. The molecule has 2 aliphatic rings. The monoisotopic (exact) mass is 400 g/mol. The second-order valence-electron chi connectivity index (χ2n) is 7.63. The first-order valence-corrected chi connectivity index (χ1v) is 9.69. The Labute approximate surface area is 168 Å². The number of aliphatic hydroxyl groups is 3. The van der Waals surface area contributed by atoms with Gasteiger partial charge in [-0.2, -0.15) is 0 Å². The highest BCUT2D eigenvalue weighted by Gasteiger charge is 2.48. The first-order valence-electron chi connectivity index (χ1n) is 9.69. The van der Waals surface area contributed by atoms with Gasteiger partial charge in [-0.1, -0.05) is 42.5 Å². The van der Waals surface area contributed by atoms with Crippen LogP contribution in [0.15, 0.2) is 54.6 Å². The quantitative estimate of drug-likeness (QED) is 0.603. The Hall–Kier alpha value is -2.45. The fourth-order valence-corrected chi connectivity index (χ4v) is 4.10. The van der Waals surface area contributed by atoms with Gasteiger partial charge in [0.2, 0.25) is 6.29 Å². The first kappa shape index (κ1) is 19.8. The van der Waals surface area contributed by atoms with Gasteiger partial charge in [-0.15, -0.1) is 0 Å². The highest BCUT2D eigenvalue weighted by molar-refractivity contribution is 5.73. The number of aliphatic carboxylic acids is 1. The van der Waals surface area contributed by atoms with Gasteiger partial charge in [0.05, 0.1) is 0 Å². The van der Waals surface area contributed by atoms with Crippen molar-refractivity contribution in [3.8, 4) is 5.75 Å². The molecule has 7 nitrogen and oxygen atoms in total. The lowest BCUT2D eigenvalue weighted by atomic mass is 9.67. The Balaban J connectivity index is 1.50. The van der Waals surface area contributed by atoms with Crippen molar-refractivity contribution < 1.29 is 34.7 Å². The number of carbonyl (C=O) groups is 1. The molecule has 4 rings (SSSR count). The van der Waals surface area contributed by atoms with Crippen LogP contribution in [0.2, 0.25) is 0 Å². The van der Waals surface area contributed by atoms with E-state index in [-0.39, 0.29) is 0 Å². The summed E-state index contributed by atoms with van der Waals surface area (Å²) in [6.45, 7) is 0. The Morgan fingerprint density at radius 1 is 0.862 bits per heavy atom. The number of aliphatic hydroxyl groups excluding tert-OH is 3. The Kier molecular flexibility index (Phi) is 5.56. The van der Waals surface area contributed by atoms with Crippen LogP contribution in [-0.4, -0.2) is 57.1 Å². The number of hydrogen-bond donors (Lipinski definition) is 4. The molecule has 1 saturated heterocycles. The zero-order chi connectivity index (χ0) is 20.5. The van der Waals surface area contributed by atoms with E-state index in [0.717, 1.165) is 18.4 Å². The van der Waals surface area contributed by atoms with Crippen LogP contribution in [0.25, 0.3) is 0 Å². The maximum Gasteiger partial charge on any atom is 0.335 e. The third-order valence-electron chi connectivity index (χ3n) is 5.85. The smallest absolute Gasteiger partial charge is 0.335 e. The normalized spacial score (nSPS) is 34.2. The Morgan fingerprint density at radius 3 is 2.17 bits per heavy atom. The molecule has 0 radical (unpaired) electrons. The molecule has 1 heterocycles. The topological polar surface area (TPSA) is 116 Å². The lowest BCUT2D eigenvalue weighted by Gasteiger charge is -2.39. The molecule has 2 aromatic carbocycles. The number of carboxylic acid groups (broad SMARTS) is 1. The molecule has 154 valence electrons. The standard InChI is InChI=1S/C22H24O7/c23-17-18(24)20(21(26)27)29-22(19(17)25)28-14-8-4-7-13(11-14)16-10-9-15(16)12-5-2-1-3-6-12/h1-8,11,15-20,22-25H,9-10H2,(H,26,27). The van der Waals surface area contributed by atoms with Crippen LogP contribution in [0.5, 0.6) is 5.75 Å². The van der Waals surface area contributed by atoms with Crippen LogP contribution < -0.4 is 4.74 Å². The molecule has 7 heteroatoms. The van der Waals surface area contributed by atoms with Crippen molar-refractivity contribution in [2.24, 2.45) is 0 Å². The summed E-state index contributed by atoms with van der Waals surface area (Å²) in [5.74, 6) is -0.266. The van der Waals surface area contributed by atoms with E-state index in [4.69, 9.17) is 14.6 Å². The summed E-state index contributed by atoms with van der Waals surface area (Å²) in [6.07, 6.45) is -5.94. The minimum absolute atomic E-state index is 0.345. The third kappa shape index (κ3) is 3.86. The summed E-state index contributed by atoms with van der Waals surface area (Å²) in [5.41, 5.74) is 2.38. The largest absolute Gasteiger partial charge is 0.479 e. The predicted octanol–water partition coefficient (Wildman–Crippen LogP) is 1.62. The highest BCUT2D eigenvalue weighted by atomic mass is 16.7. The number of ether oxygens (including phenoxy) is 2. The SMILES string of the molecule is O=C(O)C1OC(Oc2cccc(C3CCC3c3ccccc3)c2)C(O)C(O)C1O. The molecule has 0 aromatic heterocycles. The molecule has 29 heavy (non-hydrogen) atoms. The van der Waals surface area contributed by atoms with Crippen molar-refractivity contribution in [1.29, 1.82) is 0 Å². The van der Waals surface area contributed by atoms with Gasteiger partial charge < -0.3 is 29.9 Å². The Bertz CT molecular complexity index is 855. The van der Waals surface area contributed by atoms with Gasteiger partial charge in [-0.05, 0) is 47.9 Å². The van der Waals surface area contributed by atoms with Crippen molar-refractivity contribution >= 4 is 5.97 Å². The minimum Gasteiger partial charge on any atom is -0.479 e. The van der Waals surface area contributed by atoms with Gasteiger partial charge in [0, 0.05) is 0 Å². The maximum atomic E-state index is 11.2. The number of carboxylic acids is 1. The summed E-state index contributed by atoms with van der Waals surface area (Å²) in [5, 5.41) is 39.0. The van der Waals surface area contributed by atoms with Crippen LogP contribution in [0.3, 0.4) is 0 Å². The number of rotatable bonds is 5. The third-order valence-corrected chi connectivity index (χ3v) is 5.85. The summed E-state index contributed by atoms with van der Waals surface area (Å²) >= 11 is 0. The van der Waals surface area contributed by atoms with Crippen LogP contribution in [0.4, 0.5) is 0 Å². The molecule has 0 spiro atoms. The summed E-state index contributed by atoms with van der Waals surface area (Å²) < 4.78 is 10.9. The van der Waals surface area contributed by atoms with Crippen LogP contribution in [0, 0.1) is 0 Å². The first-order chi connectivity index (χ1) is 14.0. The van der Waals surface area contributed by atoms with E-state index >= 15 is 0 Å². The van der Waals surface area contributed by atoms with E-state index in [9.17, 15) is 20.1 Å².